The van der Waals surface area contributed by atoms with Gasteiger partial charge >= 0.3 is 0 Å². The fourth-order valence-electron chi connectivity index (χ4n) is 1.07. The van der Waals surface area contributed by atoms with Gasteiger partial charge in [-0.2, -0.15) is 0 Å². The van der Waals surface area contributed by atoms with Crippen molar-refractivity contribution in [2.45, 2.75) is 0 Å². The maximum Gasteiger partial charge on any atom is 0.260 e. The van der Waals surface area contributed by atoms with E-state index in [0.717, 1.165) is 17.4 Å². The Morgan fingerprint density at radius 1 is 1.50 bits per heavy atom. The Morgan fingerprint density at radius 3 is 2.94 bits per heavy atom. The Balaban J connectivity index is 2.21. The molecule has 2 aromatic rings. The number of rotatable bonds is 2. The first-order valence-corrected chi connectivity index (χ1v) is 5.45. The fourth-order valence-corrected chi connectivity index (χ4v) is 1.66. The Kier molecular flexibility index (Phi) is 3.12. The number of carbonyl (C=O) groups excluding carboxylic acids is 1. The number of nitrogens with one attached hydrogen (secondary N) is 1. The SMILES string of the molecule is O=C(Nc1nncs1)c1ccc(Cl)cc1F. The van der Waals surface area contributed by atoms with Gasteiger partial charge in [-0.15, -0.1) is 10.2 Å². The van der Waals surface area contributed by atoms with Gasteiger partial charge in [-0.05, 0) is 18.2 Å². The average Bonchev–Trinajstić information content (AvgIpc) is 2.70. The van der Waals surface area contributed by atoms with Gasteiger partial charge in [0.2, 0.25) is 5.13 Å². The molecule has 0 bridgehead atoms. The quantitative estimate of drug-likeness (QED) is 0.900. The first-order chi connectivity index (χ1) is 7.66. The Bertz CT molecular complexity index is 517. The molecule has 0 fully saturated rings. The topological polar surface area (TPSA) is 54.9 Å². The van der Waals surface area contributed by atoms with Gasteiger partial charge in [0, 0.05) is 5.02 Å². The lowest BCUT2D eigenvalue weighted by atomic mass is 10.2. The van der Waals surface area contributed by atoms with Crippen LogP contribution in [0.4, 0.5) is 9.52 Å². The van der Waals surface area contributed by atoms with Gasteiger partial charge in [-0.3, -0.25) is 10.1 Å². The maximum atomic E-state index is 13.4. The van der Waals surface area contributed by atoms with E-state index in [2.05, 4.69) is 15.5 Å². The van der Waals surface area contributed by atoms with Crippen molar-refractivity contribution < 1.29 is 9.18 Å². The van der Waals surface area contributed by atoms with Crippen LogP contribution in [0.2, 0.25) is 5.02 Å². The van der Waals surface area contributed by atoms with E-state index in [1.165, 1.54) is 17.6 Å². The second-order valence-electron chi connectivity index (χ2n) is 2.82. The van der Waals surface area contributed by atoms with E-state index in [1.54, 1.807) is 0 Å². The molecule has 0 unspecified atom stereocenters. The zero-order valence-corrected chi connectivity index (χ0v) is 9.35. The summed E-state index contributed by atoms with van der Waals surface area (Å²) in [6.45, 7) is 0. The van der Waals surface area contributed by atoms with Gasteiger partial charge in [0.15, 0.2) is 0 Å². The Labute approximate surface area is 99.1 Å². The molecule has 16 heavy (non-hydrogen) atoms. The summed E-state index contributed by atoms with van der Waals surface area (Å²) in [6.07, 6.45) is 0. The highest BCUT2D eigenvalue weighted by Crippen LogP contribution is 2.16. The lowest BCUT2D eigenvalue weighted by molar-refractivity contribution is 0.102. The minimum atomic E-state index is -0.672. The third kappa shape index (κ3) is 2.34. The third-order valence-corrected chi connectivity index (χ3v) is 2.60. The Morgan fingerprint density at radius 2 is 2.31 bits per heavy atom. The summed E-state index contributed by atoms with van der Waals surface area (Å²) in [5, 5.41) is 10.1. The van der Waals surface area contributed by atoms with E-state index in [0.29, 0.717) is 5.13 Å². The molecule has 0 aliphatic rings. The number of anilines is 1. The first kappa shape index (κ1) is 11.0. The van der Waals surface area contributed by atoms with Crippen molar-refractivity contribution in [2.24, 2.45) is 0 Å². The first-order valence-electron chi connectivity index (χ1n) is 4.19. The monoisotopic (exact) mass is 257 g/mol. The number of nitrogens with zero attached hydrogens (tertiary/aromatic N) is 2. The molecule has 1 N–H and O–H groups in total. The van der Waals surface area contributed by atoms with Gasteiger partial charge in [0.1, 0.15) is 11.3 Å². The standard InChI is InChI=1S/C9H5ClFN3OS/c10-5-1-2-6(7(11)3-5)8(15)13-9-14-12-4-16-9/h1-4H,(H,13,14,15). The van der Waals surface area contributed by atoms with Crippen molar-refractivity contribution in [1.82, 2.24) is 10.2 Å². The van der Waals surface area contributed by atoms with Gasteiger partial charge in [-0.25, -0.2) is 4.39 Å². The third-order valence-electron chi connectivity index (χ3n) is 1.76. The van der Waals surface area contributed by atoms with Crippen LogP contribution in [0.3, 0.4) is 0 Å². The van der Waals surface area contributed by atoms with Crippen LogP contribution >= 0.6 is 22.9 Å². The molecule has 1 aromatic heterocycles. The van der Waals surface area contributed by atoms with Crippen molar-refractivity contribution in [1.29, 1.82) is 0 Å². The lowest BCUT2D eigenvalue weighted by Gasteiger charge is -2.02. The van der Waals surface area contributed by atoms with Gasteiger partial charge in [-0.1, -0.05) is 22.9 Å². The maximum absolute atomic E-state index is 13.4. The molecule has 2 rings (SSSR count). The smallest absolute Gasteiger partial charge is 0.260 e. The molecule has 0 saturated carbocycles. The van der Waals surface area contributed by atoms with Gasteiger partial charge in [0.25, 0.3) is 5.91 Å². The number of aromatic nitrogens is 2. The molecule has 1 heterocycles. The zero-order chi connectivity index (χ0) is 11.5. The fraction of sp³-hybridized carbons (Fsp3) is 0. The van der Waals surface area contributed by atoms with Crippen LogP contribution in [0.1, 0.15) is 10.4 Å². The molecule has 1 aromatic carbocycles. The predicted octanol–water partition coefficient (Wildman–Crippen LogP) is 2.58. The zero-order valence-electron chi connectivity index (χ0n) is 7.78. The summed E-state index contributed by atoms with van der Waals surface area (Å²) < 4.78 is 13.4. The second-order valence-corrected chi connectivity index (χ2v) is 4.09. The largest absolute Gasteiger partial charge is 0.296 e. The molecule has 7 heteroatoms. The molecule has 0 aliphatic carbocycles. The van der Waals surface area contributed by atoms with Crippen LogP contribution in [-0.4, -0.2) is 16.1 Å². The normalized spacial score (nSPS) is 10.1. The number of halogens is 2. The number of benzene rings is 1. The minimum absolute atomic E-state index is 0.0837. The highest BCUT2D eigenvalue weighted by molar-refractivity contribution is 7.13. The van der Waals surface area contributed by atoms with E-state index < -0.39 is 11.7 Å². The predicted molar refractivity (Wildman–Crippen MR) is 59.3 cm³/mol. The molecule has 82 valence electrons. The molecule has 4 nitrogen and oxygen atoms in total. The molecule has 0 saturated heterocycles. The minimum Gasteiger partial charge on any atom is -0.296 e. The van der Waals surface area contributed by atoms with Crippen molar-refractivity contribution in [3.63, 3.8) is 0 Å². The van der Waals surface area contributed by atoms with Crippen molar-refractivity contribution in [2.75, 3.05) is 5.32 Å². The van der Waals surface area contributed by atoms with E-state index >= 15 is 0 Å². The second kappa shape index (κ2) is 4.54. The van der Waals surface area contributed by atoms with Gasteiger partial charge in [0.05, 0.1) is 5.56 Å². The van der Waals surface area contributed by atoms with Crippen LogP contribution in [0.25, 0.3) is 0 Å². The average molecular weight is 258 g/mol. The van der Waals surface area contributed by atoms with Crippen LogP contribution in [0, 0.1) is 5.82 Å². The summed E-state index contributed by atoms with van der Waals surface area (Å²) >= 11 is 6.72. The highest BCUT2D eigenvalue weighted by Gasteiger charge is 2.13. The lowest BCUT2D eigenvalue weighted by Crippen LogP contribution is -2.13. The van der Waals surface area contributed by atoms with Crippen molar-refractivity contribution in [3.8, 4) is 0 Å². The van der Waals surface area contributed by atoms with Crippen LogP contribution in [0.15, 0.2) is 23.7 Å². The number of amides is 1. The summed E-state index contributed by atoms with van der Waals surface area (Å²) in [5.41, 5.74) is 1.38. The molecule has 1 amide bonds. The molecule has 0 atom stereocenters. The van der Waals surface area contributed by atoms with E-state index in [-0.39, 0.29) is 10.6 Å². The molecule has 0 aliphatic heterocycles. The van der Waals surface area contributed by atoms with Crippen LogP contribution in [-0.2, 0) is 0 Å². The summed E-state index contributed by atoms with van der Waals surface area (Å²) in [6, 6.07) is 3.84. The summed E-state index contributed by atoms with van der Waals surface area (Å²) in [4.78, 5) is 11.6. The molecular weight excluding hydrogens is 253 g/mol. The summed E-state index contributed by atoms with van der Waals surface area (Å²) in [7, 11) is 0. The van der Waals surface area contributed by atoms with Crippen molar-refractivity contribution in [3.05, 3.63) is 40.1 Å². The van der Waals surface area contributed by atoms with E-state index in [4.69, 9.17) is 11.6 Å². The number of carbonyl (C=O) groups is 1. The molecule has 0 radical (unpaired) electrons. The van der Waals surface area contributed by atoms with Crippen LogP contribution in [0.5, 0.6) is 0 Å². The van der Waals surface area contributed by atoms with Gasteiger partial charge < -0.3 is 0 Å². The van der Waals surface area contributed by atoms with Crippen molar-refractivity contribution >= 4 is 34.0 Å². The number of hydrogen-bond acceptors (Lipinski definition) is 4. The molecular formula is C9H5ClFN3OS. The Hall–Kier alpha value is -1.53. The van der Waals surface area contributed by atoms with E-state index in [1.807, 2.05) is 0 Å². The number of hydrogen-bond donors (Lipinski definition) is 1. The summed E-state index contributed by atoms with van der Waals surface area (Å²) in [5.74, 6) is -1.25. The highest BCUT2D eigenvalue weighted by atomic mass is 35.5. The van der Waals surface area contributed by atoms with Crippen LogP contribution < -0.4 is 5.32 Å². The molecule has 0 spiro atoms. The van der Waals surface area contributed by atoms with E-state index in [9.17, 15) is 9.18 Å².